The third kappa shape index (κ3) is 19.8. The van der Waals surface area contributed by atoms with Gasteiger partial charge in [0.1, 0.15) is 24.2 Å². The number of esters is 4. The number of hydrogen-bond acceptors (Lipinski definition) is 16. The lowest BCUT2D eigenvalue weighted by molar-refractivity contribution is -0.176. The van der Waals surface area contributed by atoms with Crippen molar-refractivity contribution < 1.29 is 66.9 Å². The van der Waals surface area contributed by atoms with Gasteiger partial charge in [0.15, 0.2) is 24.4 Å². The van der Waals surface area contributed by atoms with Gasteiger partial charge in [0.25, 0.3) is 35.4 Å². The Morgan fingerprint density at radius 1 is 0.444 bits per heavy atom. The SMILES string of the molecule is CC(C)C[C@H]1C(=O)O[C@H](Cc2cccc(Cn3cc(C(=O)N(C)C)cn3)c2)C(=O)N(C)[C@@H](CC(C)C)C(=O)O[C@H](C)C(=O)N(C)[C@@H](CC(C)C)C(=O)O[C@H](Cc2ccc(Cn3cc(C(=O)N(C)C)cn3)cc2)C(=O)N(C)[C@@H](CC(C)C)C(=O)O[C@H](C)C(=O)N1C. The van der Waals surface area contributed by atoms with E-state index in [0.717, 1.165) is 30.7 Å². The van der Waals surface area contributed by atoms with Gasteiger partial charge in [-0.3, -0.25) is 38.1 Å². The molecule has 0 radical (unpaired) electrons. The van der Waals surface area contributed by atoms with E-state index in [1.54, 1.807) is 92.4 Å². The van der Waals surface area contributed by atoms with Crippen LogP contribution in [-0.2, 0) is 83.2 Å². The maximum absolute atomic E-state index is 15.2. The molecule has 0 spiro atoms. The van der Waals surface area contributed by atoms with E-state index in [9.17, 15) is 38.4 Å². The van der Waals surface area contributed by atoms with E-state index in [4.69, 9.17) is 18.9 Å². The standard InChI is InChI=1S/C66H94N10O14/c1-39(2)26-51-63(83)87-44(10)58(78)72(16)54(29-42(7)8)66(86)90-56(32-47-20-19-21-48(30-47)36-76-38-50(34-68-76)60(80)70(13)14)62(82)74(18)52(27-40(3)4)64(84)88-43(9)57(77)71(15)53(28-41(5)6)65(85)89-55(61(81)73(51)17)31-45-22-24-46(25-23-45)35-75-37-49(33-67-75)59(79)69(11)12/h19-25,30,33-34,37-44,51-56H,26-29,31-32,35-36H2,1-18H3/t43-,44-,51+,52+,53+,54+,55-,56-/m1/s1. The predicted molar refractivity (Wildman–Crippen MR) is 334 cm³/mol. The van der Waals surface area contributed by atoms with Crippen molar-refractivity contribution in [3.8, 4) is 0 Å². The Bertz CT molecular complexity index is 3150. The summed E-state index contributed by atoms with van der Waals surface area (Å²) in [6.45, 7) is 17.9. The highest BCUT2D eigenvalue weighted by Gasteiger charge is 2.43. The molecule has 24 nitrogen and oxygen atoms in total. The van der Waals surface area contributed by atoms with Crippen LogP contribution in [0.4, 0.5) is 0 Å². The maximum Gasteiger partial charge on any atom is 0.329 e. The molecule has 492 valence electrons. The van der Waals surface area contributed by atoms with Gasteiger partial charge in [0, 0.05) is 81.6 Å². The molecule has 0 N–H and O–H groups in total. The molecule has 8 atom stereocenters. The van der Waals surface area contributed by atoms with E-state index in [2.05, 4.69) is 10.2 Å². The average molecular weight is 1250 g/mol. The van der Waals surface area contributed by atoms with Crippen LogP contribution in [-0.4, -0.2) is 213 Å². The van der Waals surface area contributed by atoms with Gasteiger partial charge in [-0.1, -0.05) is 104 Å². The van der Waals surface area contributed by atoms with Crippen molar-refractivity contribution in [2.45, 2.75) is 169 Å². The van der Waals surface area contributed by atoms with Crippen molar-refractivity contribution in [3.63, 3.8) is 0 Å². The van der Waals surface area contributed by atoms with E-state index < -0.39 is 96.1 Å². The first kappa shape index (κ1) is 72.3. The molecule has 1 aliphatic heterocycles. The Hall–Kier alpha value is -8.44. The fraction of sp³-hybridized carbons (Fsp3) is 0.576. The highest BCUT2D eigenvalue weighted by Crippen LogP contribution is 2.25. The lowest BCUT2D eigenvalue weighted by Gasteiger charge is -2.35. The number of cyclic esters (lactones) is 4. The highest BCUT2D eigenvalue weighted by molar-refractivity contribution is 5.96. The third-order valence-corrected chi connectivity index (χ3v) is 15.6. The zero-order valence-electron chi connectivity index (χ0n) is 55.7. The van der Waals surface area contributed by atoms with E-state index >= 15 is 9.59 Å². The van der Waals surface area contributed by atoms with E-state index in [-0.39, 0.29) is 80.6 Å². The van der Waals surface area contributed by atoms with Gasteiger partial charge in [0.2, 0.25) is 0 Å². The number of hydrogen-bond donors (Lipinski definition) is 0. The molecule has 90 heavy (non-hydrogen) atoms. The minimum atomic E-state index is -1.61. The molecule has 3 heterocycles. The minimum absolute atomic E-state index is 0.0390. The Morgan fingerprint density at radius 2 is 0.756 bits per heavy atom. The van der Waals surface area contributed by atoms with Gasteiger partial charge < -0.3 is 48.3 Å². The summed E-state index contributed by atoms with van der Waals surface area (Å²) in [6.07, 6.45) is -0.322. The van der Waals surface area contributed by atoms with Gasteiger partial charge in [-0.2, -0.15) is 10.2 Å². The monoisotopic (exact) mass is 1250 g/mol. The number of ether oxygens (including phenoxy) is 4. The first-order valence-electron chi connectivity index (χ1n) is 30.7. The van der Waals surface area contributed by atoms with Gasteiger partial charge in [-0.05, 0) is 85.5 Å². The lowest BCUT2D eigenvalue weighted by Crippen LogP contribution is -2.55. The quantitative estimate of drug-likeness (QED) is 0.0872. The summed E-state index contributed by atoms with van der Waals surface area (Å²) in [7, 11) is 12.0. The van der Waals surface area contributed by atoms with Gasteiger partial charge in [-0.15, -0.1) is 0 Å². The summed E-state index contributed by atoms with van der Waals surface area (Å²) in [5, 5.41) is 8.70. The van der Waals surface area contributed by atoms with Crippen molar-refractivity contribution in [3.05, 3.63) is 107 Å². The van der Waals surface area contributed by atoms with Crippen LogP contribution < -0.4 is 0 Å². The van der Waals surface area contributed by atoms with Gasteiger partial charge in [-0.25, -0.2) is 19.2 Å². The summed E-state index contributed by atoms with van der Waals surface area (Å²) in [5.41, 5.74) is 3.41. The normalized spacial score (nSPS) is 21.8. The zero-order chi connectivity index (χ0) is 67.2. The fourth-order valence-corrected chi connectivity index (χ4v) is 10.6. The number of rotatable bonds is 18. The second-order valence-corrected chi connectivity index (χ2v) is 25.7. The molecule has 0 aliphatic carbocycles. The number of nitrogens with zero attached hydrogens (tertiary/aromatic N) is 10. The Labute approximate surface area is 529 Å². The zero-order valence-corrected chi connectivity index (χ0v) is 55.7. The first-order valence-corrected chi connectivity index (χ1v) is 30.7. The van der Waals surface area contributed by atoms with Crippen LogP contribution in [0.3, 0.4) is 0 Å². The Kier molecular flexibility index (Phi) is 26.0. The van der Waals surface area contributed by atoms with Gasteiger partial charge in [0.05, 0.1) is 36.6 Å². The summed E-state index contributed by atoms with van der Waals surface area (Å²) in [4.78, 5) is 151. The van der Waals surface area contributed by atoms with Gasteiger partial charge >= 0.3 is 23.9 Å². The van der Waals surface area contributed by atoms with Crippen molar-refractivity contribution >= 4 is 59.3 Å². The summed E-state index contributed by atoms with van der Waals surface area (Å²) in [6, 6.07) is 8.85. The summed E-state index contributed by atoms with van der Waals surface area (Å²) < 4.78 is 27.5. The number of carbonyl (C=O) groups excluding carboxylic acids is 10. The number of amides is 6. The highest BCUT2D eigenvalue weighted by atomic mass is 16.6. The number of aromatic nitrogens is 4. The molecule has 0 saturated carbocycles. The van der Waals surface area contributed by atoms with Crippen LogP contribution in [0.15, 0.2) is 73.3 Å². The maximum atomic E-state index is 15.2. The first-order chi connectivity index (χ1) is 42.2. The second-order valence-electron chi connectivity index (χ2n) is 25.7. The average Bonchev–Trinajstić information content (AvgIpc) is 1.67. The smallest absolute Gasteiger partial charge is 0.329 e. The largest absolute Gasteiger partial charge is 0.451 e. The molecule has 6 amide bonds. The number of benzene rings is 2. The van der Waals surface area contributed by atoms with Crippen molar-refractivity contribution in [1.29, 1.82) is 0 Å². The van der Waals surface area contributed by atoms with Crippen LogP contribution in [0.1, 0.15) is 138 Å². The van der Waals surface area contributed by atoms with Crippen molar-refractivity contribution in [1.82, 2.24) is 49.0 Å². The third-order valence-electron chi connectivity index (χ3n) is 15.6. The predicted octanol–water partition coefficient (Wildman–Crippen LogP) is 5.56. The molecule has 24 heteroatoms. The van der Waals surface area contributed by atoms with Crippen molar-refractivity contribution in [2.75, 3.05) is 56.4 Å². The summed E-state index contributed by atoms with van der Waals surface area (Å²) >= 11 is 0. The van der Waals surface area contributed by atoms with Crippen LogP contribution in [0.5, 0.6) is 0 Å². The molecule has 5 rings (SSSR count). The molecule has 1 fully saturated rings. The molecule has 2 aromatic heterocycles. The molecule has 0 bridgehead atoms. The lowest BCUT2D eigenvalue weighted by atomic mass is 9.99. The topological polar surface area (TPSA) is 263 Å². The second kappa shape index (κ2) is 32.3. The fourth-order valence-electron chi connectivity index (χ4n) is 10.6. The van der Waals surface area contributed by atoms with Crippen molar-refractivity contribution in [2.24, 2.45) is 23.7 Å². The van der Waals surface area contributed by atoms with Crippen LogP contribution in [0.2, 0.25) is 0 Å². The molecule has 4 aromatic rings. The number of carbonyl (C=O) groups is 10. The molecule has 1 aliphatic rings. The number of likely N-dealkylation sites (N-methyl/N-ethyl adjacent to an activating group) is 4. The van der Waals surface area contributed by atoms with Crippen LogP contribution in [0, 0.1) is 23.7 Å². The van der Waals surface area contributed by atoms with Crippen LogP contribution >= 0.6 is 0 Å². The molecular formula is C66H94N10O14. The summed E-state index contributed by atoms with van der Waals surface area (Å²) in [5.74, 6) is -8.37. The Morgan fingerprint density at radius 3 is 1.11 bits per heavy atom. The van der Waals surface area contributed by atoms with E-state index in [1.807, 2.05) is 61.5 Å². The molecule has 1 saturated heterocycles. The Balaban J connectivity index is 1.59. The molecule has 2 aromatic carbocycles. The van der Waals surface area contributed by atoms with E-state index in [1.165, 1.54) is 64.2 Å². The molecule has 0 unspecified atom stereocenters. The minimum Gasteiger partial charge on any atom is -0.451 e. The van der Waals surface area contributed by atoms with E-state index in [0.29, 0.717) is 28.8 Å². The molecular weight excluding hydrogens is 1160 g/mol. The van der Waals surface area contributed by atoms with Crippen LogP contribution in [0.25, 0.3) is 0 Å².